The van der Waals surface area contributed by atoms with E-state index in [-0.39, 0.29) is 18.1 Å². The molecule has 142 valence electrons. The number of hydrogen-bond acceptors (Lipinski definition) is 5. The second-order valence-electron chi connectivity index (χ2n) is 7.44. The number of benzene rings is 1. The number of rotatable bonds is 4. The van der Waals surface area contributed by atoms with Gasteiger partial charge in [0, 0.05) is 30.6 Å². The molecule has 0 N–H and O–H groups in total. The van der Waals surface area contributed by atoms with Crippen molar-refractivity contribution in [3.8, 4) is 5.75 Å². The summed E-state index contributed by atoms with van der Waals surface area (Å²) in [5.41, 5.74) is 3.41. The number of methoxy groups -OCH3 is 1. The Morgan fingerprint density at radius 3 is 2.89 bits per heavy atom. The Morgan fingerprint density at radius 2 is 2.22 bits per heavy atom. The monoisotopic (exact) mass is 366 g/mol. The molecule has 3 aliphatic rings. The van der Waals surface area contributed by atoms with Crippen LogP contribution in [-0.2, 0) is 9.53 Å². The zero-order valence-electron chi connectivity index (χ0n) is 16.1. The fourth-order valence-corrected chi connectivity index (χ4v) is 4.63. The van der Waals surface area contributed by atoms with Crippen LogP contribution in [0.4, 0.5) is 0 Å². The lowest BCUT2D eigenvalue weighted by Gasteiger charge is -2.49. The number of hydrogen-bond donors (Lipinski definition) is 0. The molecule has 5 rings (SSSR count). The molecule has 27 heavy (non-hydrogen) atoms. The Morgan fingerprint density at radius 1 is 1.37 bits per heavy atom. The largest absolute Gasteiger partial charge is 0.497 e. The molecule has 4 heterocycles. The highest BCUT2D eigenvalue weighted by Gasteiger charge is 2.42. The maximum absolute atomic E-state index is 12.0. The van der Waals surface area contributed by atoms with Crippen LogP contribution in [0.25, 0.3) is 10.9 Å². The summed E-state index contributed by atoms with van der Waals surface area (Å²) in [7, 11) is 1.66. The van der Waals surface area contributed by atoms with Crippen LogP contribution < -0.4 is 4.74 Å². The molecule has 2 bridgehead atoms. The number of aromatic nitrogens is 1. The summed E-state index contributed by atoms with van der Waals surface area (Å²) in [6, 6.07) is 8.02. The molecule has 5 heteroatoms. The van der Waals surface area contributed by atoms with E-state index in [0.29, 0.717) is 5.92 Å². The number of carbonyl (C=O) groups is 1. The van der Waals surface area contributed by atoms with Gasteiger partial charge < -0.3 is 9.47 Å². The minimum Gasteiger partial charge on any atom is -0.497 e. The first-order valence-electron chi connectivity index (χ1n) is 9.59. The van der Waals surface area contributed by atoms with E-state index >= 15 is 0 Å². The van der Waals surface area contributed by atoms with E-state index in [0.717, 1.165) is 41.7 Å². The standard InChI is InChI=1S/C22H26N2O3/c1-4-15-13-24-10-8-16(15)11-21(24)22(27-14(2)25)18-7-9-23-20-6-5-17(26-3)12-19(18)20/h4-7,9,12,16,21-22H,8,10-11,13H2,1-3H3/b15-4+/t16?,21-,22+/m1/s1. The zero-order valence-corrected chi connectivity index (χ0v) is 16.1. The summed E-state index contributed by atoms with van der Waals surface area (Å²) in [5, 5.41) is 0.983. The van der Waals surface area contributed by atoms with Crippen LogP contribution in [0, 0.1) is 5.92 Å². The third-order valence-corrected chi connectivity index (χ3v) is 5.97. The number of fused-ring (bicyclic) bond motifs is 4. The number of pyridine rings is 1. The Bertz CT molecular complexity index is 892. The van der Waals surface area contributed by atoms with Crippen molar-refractivity contribution in [1.29, 1.82) is 0 Å². The van der Waals surface area contributed by atoms with Gasteiger partial charge in [-0.3, -0.25) is 14.7 Å². The van der Waals surface area contributed by atoms with Gasteiger partial charge in [-0.05, 0) is 56.5 Å². The van der Waals surface area contributed by atoms with Crippen LogP contribution in [0.15, 0.2) is 42.1 Å². The lowest BCUT2D eigenvalue weighted by Crippen LogP contribution is -2.53. The highest BCUT2D eigenvalue weighted by molar-refractivity contribution is 5.84. The summed E-state index contributed by atoms with van der Waals surface area (Å²) in [6.45, 7) is 5.63. The lowest BCUT2D eigenvalue weighted by molar-refractivity contribution is -0.152. The molecule has 0 radical (unpaired) electrons. The van der Waals surface area contributed by atoms with Crippen molar-refractivity contribution >= 4 is 16.9 Å². The van der Waals surface area contributed by atoms with Crippen molar-refractivity contribution in [2.24, 2.45) is 5.92 Å². The van der Waals surface area contributed by atoms with Crippen LogP contribution in [0.1, 0.15) is 38.4 Å². The maximum atomic E-state index is 12.0. The van der Waals surface area contributed by atoms with Crippen molar-refractivity contribution in [2.75, 3.05) is 20.2 Å². The fourth-order valence-electron chi connectivity index (χ4n) is 4.63. The number of allylic oxidation sites excluding steroid dienone is 1. The number of piperidine rings is 3. The van der Waals surface area contributed by atoms with Gasteiger partial charge in [0.2, 0.25) is 0 Å². The van der Waals surface area contributed by atoms with E-state index in [1.807, 2.05) is 24.3 Å². The minimum absolute atomic E-state index is 0.188. The molecule has 3 aliphatic heterocycles. The van der Waals surface area contributed by atoms with Crippen LogP contribution in [0.5, 0.6) is 5.75 Å². The minimum atomic E-state index is -0.304. The van der Waals surface area contributed by atoms with E-state index < -0.39 is 0 Å². The summed E-state index contributed by atoms with van der Waals surface area (Å²) in [6.07, 6.45) is 5.95. The van der Waals surface area contributed by atoms with Gasteiger partial charge in [-0.25, -0.2) is 0 Å². The Balaban J connectivity index is 1.78. The van der Waals surface area contributed by atoms with Crippen LogP contribution in [0.3, 0.4) is 0 Å². The second-order valence-corrected chi connectivity index (χ2v) is 7.44. The van der Waals surface area contributed by atoms with Gasteiger partial charge >= 0.3 is 5.97 Å². The van der Waals surface area contributed by atoms with Gasteiger partial charge in [0.25, 0.3) is 0 Å². The second kappa shape index (κ2) is 7.31. The lowest BCUT2D eigenvalue weighted by atomic mass is 9.76. The molecule has 4 atom stereocenters. The van der Waals surface area contributed by atoms with E-state index in [2.05, 4.69) is 22.9 Å². The van der Waals surface area contributed by atoms with E-state index in [4.69, 9.17) is 9.47 Å². The third kappa shape index (κ3) is 3.32. The third-order valence-electron chi connectivity index (χ3n) is 5.97. The molecule has 1 aromatic heterocycles. The molecule has 5 nitrogen and oxygen atoms in total. The van der Waals surface area contributed by atoms with Gasteiger partial charge in [-0.15, -0.1) is 0 Å². The molecule has 0 aliphatic carbocycles. The van der Waals surface area contributed by atoms with Crippen LogP contribution in [-0.4, -0.2) is 42.1 Å². The molecule has 2 aromatic rings. The molecule has 2 unspecified atom stereocenters. The smallest absolute Gasteiger partial charge is 0.303 e. The number of carbonyl (C=O) groups excluding carboxylic acids is 1. The van der Waals surface area contributed by atoms with E-state index in [1.54, 1.807) is 13.3 Å². The zero-order chi connectivity index (χ0) is 19.0. The molecular weight excluding hydrogens is 340 g/mol. The first kappa shape index (κ1) is 18.0. The summed E-state index contributed by atoms with van der Waals surface area (Å²) >= 11 is 0. The molecule has 0 saturated carbocycles. The predicted molar refractivity (Wildman–Crippen MR) is 105 cm³/mol. The van der Waals surface area contributed by atoms with E-state index in [9.17, 15) is 4.79 Å². The molecule has 1 aromatic carbocycles. The van der Waals surface area contributed by atoms with Gasteiger partial charge in [-0.2, -0.15) is 0 Å². The molecule has 0 amide bonds. The van der Waals surface area contributed by atoms with Crippen molar-refractivity contribution < 1.29 is 14.3 Å². The summed E-state index contributed by atoms with van der Waals surface area (Å²) < 4.78 is 11.3. The fraction of sp³-hybridized carbons (Fsp3) is 0.455. The normalized spacial score (nSPS) is 26.9. The maximum Gasteiger partial charge on any atom is 0.303 e. The first-order chi connectivity index (χ1) is 13.1. The predicted octanol–water partition coefficient (Wildman–Crippen LogP) is 3.89. The van der Waals surface area contributed by atoms with Crippen LogP contribution in [0.2, 0.25) is 0 Å². The van der Waals surface area contributed by atoms with Gasteiger partial charge in [0.15, 0.2) is 0 Å². The van der Waals surface area contributed by atoms with Gasteiger partial charge in [0.05, 0.1) is 18.7 Å². The Hall–Kier alpha value is -2.40. The quantitative estimate of drug-likeness (QED) is 0.607. The topological polar surface area (TPSA) is 51.7 Å². The Labute approximate surface area is 160 Å². The number of ether oxygens (including phenoxy) is 2. The Kier molecular flexibility index (Phi) is 4.87. The van der Waals surface area contributed by atoms with Gasteiger partial charge in [-0.1, -0.05) is 11.6 Å². The molecular formula is C22H26N2O3. The number of nitrogens with zero attached hydrogens (tertiary/aromatic N) is 2. The van der Waals surface area contributed by atoms with Crippen molar-refractivity contribution in [2.45, 2.75) is 38.8 Å². The SMILES string of the molecule is C/C=C1\CN2CCC1C[C@@H]2[C@@H](OC(C)=O)c1ccnc2ccc(OC)cc12. The van der Waals surface area contributed by atoms with Gasteiger partial charge in [0.1, 0.15) is 11.9 Å². The van der Waals surface area contributed by atoms with Crippen LogP contribution >= 0.6 is 0 Å². The summed E-state index contributed by atoms with van der Waals surface area (Å²) in [4.78, 5) is 18.9. The molecule has 0 spiro atoms. The van der Waals surface area contributed by atoms with E-state index in [1.165, 1.54) is 18.9 Å². The summed E-state index contributed by atoms with van der Waals surface area (Å²) in [5.74, 6) is 1.12. The highest BCUT2D eigenvalue weighted by Crippen LogP contribution is 2.43. The number of esters is 1. The average Bonchev–Trinajstić information content (AvgIpc) is 2.71. The molecule has 3 fully saturated rings. The average molecular weight is 366 g/mol. The van der Waals surface area contributed by atoms with Crippen molar-refractivity contribution in [1.82, 2.24) is 9.88 Å². The highest BCUT2D eigenvalue weighted by atomic mass is 16.5. The van der Waals surface area contributed by atoms with Crippen molar-refractivity contribution in [3.63, 3.8) is 0 Å². The molecule has 3 saturated heterocycles. The van der Waals surface area contributed by atoms with Crippen molar-refractivity contribution in [3.05, 3.63) is 47.7 Å². The first-order valence-corrected chi connectivity index (χ1v) is 9.59.